The number of hydrogen-bond donors (Lipinski definition) is 1. The summed E-state index contributed by atoms with van der Waals surface area (Å²) in [5, 5.41) is 3.62. The molecule has 0 aromatic carbocycles. The maximum Gasteiger partial charge on any atom is 0.0807 e. The lowest BCUT2D eigenvalue weighted by molar-refractivity contribution is -0.0805. The van der Waals surface area contributed by atoms with Gasteiger partial charge in [0.25, 0.3) is 0 Å². The van der Waals surface area contributed by atoms with Crippen molar-refractivity contribution in [3.8, 4) is 0 Å². The van der Waals surface area contributed by atoms with Gasteiger partial charge in [0.05, 0.1) is 12.2 Å². The third kappa shape index (κ3) is 2.27. The van der Waals surface area contributed by atoms with Crippen LogP contribution >= 0.6 is 0 Å². The van der Waals surface area contributed by atoms with Gasteiger partial charge in [0.15, 0.2) is 0 Å². The molecule has 1 spiro atoms. The van der Waals surface area contributed by atoms with Crippen LogP contribution in [0, 0.1) is 0 Å². The minimum absolute atomic E-state index is 0.211. The van der Waals surface area contributed by atoms with Crippen LogP contribution in [0.1, 0.15) is 25.7 Å². The van der Waals surface area contributed by atoms with E-state index in [9.17, 15) is 0 Å². The van der Waals surface area contributed by atoms with Gasteiger partial charge in [0.2, 0.25) is 0 Å². The molecule has 2 aliphatic rings. The molecule has 1 atom stereocenters. The summed E-state index contributed by atoms with van der Waals surface area (Å²) in [6, 6.07) is 0.524. The van der Waals surface area contributed by atoms with E-state index >= 15 is 0 Å². The zero-order valence-corrected chi connectivity index (χ0v) is 9.38. The molecule has 2 rings (SSSR count). The fraction of sp³-hybridized carbons (Fsp3) is 1.00. The first-order chi connectivity index (χ1) is 6.70. The molecule has 2 fully saturated rings. The van der Waals surface area contributed by atoms with Gasteiger partial charge in [-0.15, -0.1) is 0 Å². The van der Waals surface area contributed by atoms with Crippen LogP contribution in [0.15, 0.2) is 0 Å². The molecule has 1 saturated carbocycles. The first-order valence-electron chi connectivity index (χ1n) is 5.72. The third-order valence-corrected chi connectivity index (χ3v) is 3.40. The normalized spacial score (nSPS) is 31.5. The molecule has 1 saturated heterocycles. The molecule has 3 heteroatoms. The van der Waals surface area contributed by atoms with Crippen LogP contribution in [-0.4, -0.2) is 50.3 Å². The number of nitrogens with zero attached hydrogens (tertiary/aromatic N) is 1. The monoisotopic (exact) mass is 198 g/mol. The van der Waals surface area contributed by atoms with Gasteiger partial charge in [-0.1, -0.05) is 12.8 Å². The van der Waals surface area contributed by atoms with Gasteiger partial charge in [-0.2, -0.15) is 0 Å². The van der Waals surface area contributed by atoms with Crippen molar-refractivity contribution in [1.29, 1.82) is 0 Å². The molecule has 3 nitrogen and oxygen atoms in total. The van der Waals surface area contributed by atoms with Crippen molar-refractivity contribution >= 4 is 0 Å². The molecule has 1 aliphatic carbocycles. The van der Waals surface area contributed by atoms with Crippen LogP contribution in [0.2, 0.25) is 0 Å². The van der Waals surface area contributed by atoms with Crippen LogP contribution in [0.3, 0.4) is 0 Å². The van der Waals surface area contributed by atoms with E-state index in [-0.39, 0.29) is 5.60 Å². The SMILES string of the molecule is CN(C)C[C@H]1COC2(CCCC2)CN1. The first kappa shape index (κ1) is 10.4. The Labute approximate surface area is 86.8 Å². The fourth-order valence-electron chi connectivity index (χ4n) is 2.62. The molecule has 1 N–H and O–H groups in total. The van der Waals surface area contributed by atoms with Crippen LogP contribution in [0.5, 0.6) is 0 Å². The summed E-state index contributed by atoms with van der Waals surface area (Å²) >= 11 is 0. The molecule has 0 unspecified atom stereocenters. The average molecular weight is 198 g/mol. The number of rotatable bonds is 2. The summed E-state index contributed by atoms with van der Waals surface area (Å²) in [7, 11) is 4.23. The Morgan fingerprint density at radius 2 is 2.07 bits per heavy atom. The predicted molar refractivity (Wildman–Crippen MR) is 57.5 cm³/mol. The van der Waals surface area contributed by atoms with E-state index in [1.54, 1.807) is 0 Å². The Balaban J connectivity index is 1.79. The van der Waals surface area contributed by atoms with Crippen LogP contribution in [0.4, 0.5) is 0 Å². The van der Waals surface area contributed by atoms with Crippen molar-refractivity contribution in [3.05, 3.63) is 0 Å². The van der Waals surface area contributed by atoms with Crippen molar-refractivity contribution in [2.45, 2.75) is 37.3 Å². The largest absolute Gasteiger partial charge is 0.372 e. The highest BCUT2D eigenvalue weighted by molar-refractivity contribution is 4.93. The Morgan fingerprint density at radius 1 is 1.36 bits per heavy atom. The van der Waals surface area contributed by atoms with Crippen LogP contribution < -0.4 is 5.32 Å². The van der Waals surface area contributed by atoms with Crippen molar-refractivity contribution in [2.24, 2.45) is 0 Å². The van der Waals surface area contributed by atoms with Gasteiger partial charge >= 0.3 is 0 Å². The van der Waals surface area contributed by atoms with E-state index in [1.165, 1.54) is 25.7 Å². The van der Waals surface area contributed by atoms with Crippen molar-refractivity contribution < 1.29 is 4.74 Å². The van der Waals surface area contributed by atoms with E-state index in [0.717, 1.165) is 19.7 Å². The maximum absolute atomic E-state index is 6.05. The van der Waals surface area contributed by atoms with E-state index in [2.05, 4.69) is 24.3 Å². The zero-order chi connectivity index (χ0) is 10.0. The highest BCUT2D eigenvalue weighted by Crippen LogP contribution is 2.34. The van der Waals surface area contributed by atoms with Gasteiger partial charge in [0, 0.05) is 19.1 Å². The minimum atomic E-state index is 0.211. The Morgan fingerprint density at radius 3 is 2.57 bits per heavy atom. The topological polar surface area (TPSA) is 24.5 Å². The second kappa shape index (κ2) is 4.17. The summed E-state index contributed by atoms with van der Waals surface area (Å²) < 4.78 is 6.05. The maximum atomic E-state index is 6.05. The number of ether oxygens (including phenoxy) is 1. The quantitative estimate of drug-likeness (QED) is 0.712. The Hall–Kier alpha value is -0.120. The third-order valence-electron chi connectivity index (χ3n) is 3.40. The van der Waals surface area contributed by atoms with Crippen molar-refractivity contribution in [2.75, 3.05) is 33.8 Å². The van der Waals surface area contributed by atoms with E-state index < -0.39 is 0 Å². The lowest BCUT2D eigenvalue weighted by Gasteiger charge is -2.39. The van der Waals surface area contributed by atoms with Gasteiger partial charge in [-0.25, -0.2) is 0 Å². The smallest absolute Gasteiger partial charge is 0.0807 e. The molecule has 14 heavy (non-hydrogen) atoms. The average Bonchev–Trinajstić information content (AvgIpc) is 2.58. The second-order valence-corrected chi connectivity index (χ2v) is 5.04. The number of morpholine rings is 1. The summed E-state index contributed by atoms with van der Waals surface area (Å²) in [4.78, 5) is 2.22. The Kier molecular flexibility index (Phi) is 3.10. The number of likely N-dealkylation sites (N-methyl/N-ethyl adjacent to an activating group) is 1. The zero-order valence-electron chi connectivity index (χ0n) is 9.38. The summed E-state index contributed by atoms with van der Waals surface area (Å²) in [6.07, 6.45) is 5.21. The lowest BCUT2D eigenvalue weighted by atomic mass is 9.99. The van der Waals surface area contributed by atoms with E-state index in [0.29, 0.717) is 6.04 Å². The standard InChI is InChI=1S/C11H22N2O/c1-13(2)7-10-8-14-11(9-12-10)5-3-4-6-11/h10,12H,3-9H2,1-2H3/t10-/m0/s1. The van der Waals surface area contributed by atoms with Crippen LogP contribution in [-0.2, 0) is 4.74 Å². The molecule has 1 heterocycles. The molecule has 0 aromatic rings. The molecule has 0 radical (unpaired) electrons. The molecule has 82 valence electrons. The lowest BCUT2D eigenvalue weighted by Crippen LogP contribution is -2.55. The highest BCUT2D eigenvalue weighted by Gasteiger charge is 2.38. The molecular formula is C11H22N2O. The highest BCUT2D eigenvalue weighted by atomic mass is 16.5. The molecule has 0 aromatic heterocycles. The van der Waals surface area contributed by atoms with Gasteiger partial charge in [-0.05, 0) is 26.9 Å². The van der Waals surface area contributed by atoms with Crippen molar-refractivity contribution in [3.63, 3.8) is 0 Å². The number of nitrogens with one attached hydrogen (secondary N) is 1. The molecule has 0 amide bonds. The summed E-state index contributed by atoms with van der Waals surface area (Å²) in [5.74, 6) is 0. The Bertz CT molecular complexity index is 178. The van der Waals surface area contributed by atoms with Gasteiger partial charge in [0.1, 0.15) is 0 Å². The minimum Gasteiger partial charge on any atom is -0.372 e. The molecule has 0 bridgehead atoms. The fourth-order valence-corrected chi connectivity index (χ4v) is 2.62. The summed E-state index contributed by atoms with van der Waals surface area (Å²) in [6.45, 7) is 3.03. The van der Waals surface area contributed by atoms with E-state index in [4.69, 9.17) is 4.74 Å². The molecular weight excluding hydrogens is 176 g/mol. The van der Waals surface area contributed by atoms with Crippen LogP contribution in [0.25, 0.3) is 0 Å². The van der Waals surface area contributed by atoms with E-state index in [1.807, 2.05) is 0 Å². The molecule has 1 aliphatic heterocycles. The van der Waals surface area contributed by atoms with Crippen molar-refractivity contribution in [1.82, 2.24) is 10.2 Å². The number of hydrogen-bond acceptors (Lipinski definition) is 3. The predicted octanol–water partition coefficient (Wildman–Crippen LogP) is 0.849. The summed E-state index contributed by atoms with van der Waals surface area (Å²) in [5.41, 5.74) is 0.211. The first-order valence-corrected chi connectivity index (χ1v) is 5.72. The second-order valence-electron chi connectivity index (χ2n) is 5.04. The van der Waals surface area contributed by atoms with Gasteiger partial charge in [-0.3, -0.25) is 0 Å². The van der Waals surface area contributed by atoms with Gasteiger partial charge < -0.3 is 15.0 Å².